The molecule has 4 aromatic rings. The van der Waals surface area contributed by atoms with Crippen LogP contribution in [0.4, 0.5) is 5.82 Å². The molecule has 1 fully saturated rings. The largest absolute Gasteiger partial charge is 0.462 e. The number of esters is 1. The van der Waals surface area contributed by atoms with Gasteiger partial charge in [0.25, 0.3) is 0 Å². The molecule has 1 aliphatic heterocycles. The maximum atomic E-state index is 13.6. The van der Waals surface area contributed by atoms with Gasteiger partial charge in [0, 0.05) is 47.3 Å². The van der Waals surface area contributed by atoms with Crippen molar-refractivity contribution in [3.8, 4) is 11.4 Å². The Hall–Kier alpha value is -3.34. The van der Waals surface area contributed by atoms with Gasteiger partial charge in [0.15, 0.2) is 0 Å². The Balaban J connectivity index is 1.75. The predicted octanol–water partition coefficient (Wildman–Crippen LogP) is 5.71. The molecule has 8 nitrogen and oxygen atoms in total. The highest BCUT2D eigenvalue weighted by molar-refractivity contribution is 9.10. The second-order valence-electron chi connectivity index (χ2n) is 9.95. The van der Waals surface area contributed by atoms with E-state index in [0.29, 0.717) is 16.5 Å². The summed E-state index contributed by atoms with van der Waals surface area (Å²) in [5.41, 5.74) is 3.53. The van der Waals surface area contributed by atoms with E-state index in [1.807, 2.05) is 37.3 Å². The van der Waals surface area contributed by atoms with Crippen LogP contribution in [0, 0.1) is 13.8 Å². The van der Waals surface area contributed by atoms with Crippen LogP contribution in [0.3, 0.4) is 0 Å². The highest BCUT2D eigenvalue weighted by Crippen LogP contribution is 2.41. The number of ether oxygens (including phenoxy) is 1. The van der Waals surface area contributed by atoms with E-state index in [4.69, 9.17) is 8.92 Å². The quantitative estimate of drug-likeness (QED) is 0.192. The number of likely N-dealkylation sites (N-methyl/N-ethyl adjacent to an activating group) is 1. The molecular formula is C30H32BrN3O5S. The minimum absolute atomic E-state index is 0.0637. The Bertz CT molecular complexity index is 1660. The summed E-state index contributed by atoms with van der Waals surface area (Å²) in [6.45, 7) is 8.78. The lowest BCUT2D eigenvalue weighted by atomic mass is 10.1. The fourth-order valence-electron chi connectivity index (χ4n) is 5.05. The molecule has 0 amide bonds. The highest BCUT2D eigenvalue weighted by Gasteiger charge is 2.32. The van der Waals surface area contributed by atoms with Crippen molar-refractivity contribution in [2.45, 2.75) is 25.7 Å². The van der Waals surface area contributed by atoms with E-state index in [1.165, 1.54) is 12.1 Å². The molecule has 0 unspecified atom stereocenters. The number of carbonyl (C=O) groups is 1. The normalized spacial score (nSPS) is 14.5. The van der Waals surface area contributed by atoms with Gasteiger partial charge in [-0.15, -0.1) is 0 Å². The summed E-state index contributed by atoms with van der Waals surface area (Å²) in [6.07, 6.45) is 0. The van der Waals surface area contributed by atoms with E-state index in [2.05, 4.69) is 37.3 Å². The fraction of sp³-hybridized carbons (Fsp3) is 0.300. The van der Waals surface area contributed by atoms with Crippen LogP contribution in [0.1, 0.15) is 28.4 Å². The number of carbonyl (C=O) groups excluding carboxylic acids is 1. The molecule has 3 aromatic carbocycles. The molecule has 2 heterocycles. The summed E-state index contributed by atoms with van der Waals surface area (Å²) in [5, 5.41) is 0.604. The second kappa shape index (κ2) is 11.3. The molecule has 0 radical (unpaired) electrons. The topological polar surface area (TPSA) is 81.1 Å². The van der Waals surface area contributed by atoms with Gasteiger partial charge < -0.3 is 18.7 Å². The van der Waals surface area contributed by atoms with Crippen molar-refractivity contribution < 1.29 is 22.1 Å². The summed E-state index contributed by atoms with van der Waals surface area (Å²) in [4.78, 5) is 18.2. The first kappa shape index (κ1) is 28.2. The number of piperazine rings is 1. The van der Waals surface area contributed by atoms with Gasteiger partial charge in [-0.2, -0.15) is 8.42 Å². The summed E-state index contributed by atoms with van der Waals surface area (Å²) in [5.74, 6) is 0.431. The van der Waals surface area contributed by atoms with Crippen LogP contribution in [0.2, 0.25) is 0 Å². The number of hydrogen-bond donors (Lipinski definition) is 0. The third-order valence-electron chi connectivity index (χ3n) is 7.20. The van der Waals surface area contributed by atoms with Crippen molar-refractivity contribution >= 4 is 48.7 Å². The average molecular weight is 627 g/mol. The number of hydrogen-bond acceptors (Lipinski definition) is 7. The van der Waals surface area contributed by atoms with Gasteiger partial charge in [-0.3, -0.25) is 4.57 Å². The maximum absolute atomic E-state index is 13.6. The SMILES string of the molecule is CCOC(=O)c1c(N2CCN(C)CC2)n(-c2ccc(Br)cc2)c2ccc(OS(=O)(=O)c3ccc(C)cc3)c(C)c12. The Kier molecular flexibility index (Phi) is 7.94. The van der Waals surface area contributed by atoms with Gasteiger partial charge >= 0.3 is 16.1 Å². The van der Waals surface area contributed by atoms with Gasteiger partial charge in [-0.05, 0) is 76.3 Å². The third kappa shape index (κ3) is 5.35. The number of rotatable bonds is 7. The number of fused-ring (bicyclic) bond motifs is 1. The van der Waals surface area contributed by atoms with E-state index < -0.39 is 16.1 Å². The Morgan fingerprint density at radius 3 is 2.20 bits per heavy atom. The molecule has 210 valence electrons. The van der Waals surface area contributed by atoms with Crippen LogP contribution in [0.25, 0.3) is 16.6 Å². The average Bonchev–Trinajstić information content (AvgIpc) is 3.27. The minimum Gasteiger partial charge on any atom is -0.462 e. The Labute approximate surface area is 243 Å². The standard InChI is InChI=1S/C30H32BrN3O5S/c1-5-38-30(35)28-27-21(3)26(39-40(36,37)24-12-6-20(2)7-13-24)15-14-25(27)34(23-10-8-22(31)9-11-23)29(28)33-18-16-32(4)17-19-33/h6-15H,5,16-19H2,1-4H3. The first-order chi connectivity index (χ1) is 19.1. The van der Waals surface area contributed by atoms with E-state index in [-0.39, 0.29) is 17.3 Å². The van der Waals surface area contributed by atoms with E-state index in [0.717, 1.165) is 53.2 Å². The van der Waals surface area contributed by atoms with E-state index in [9.17, 15) is 13.2 Å². The van der Waals surface area contributed by atoms with Crippen LogP contribution in [0.15, 0.2) is 70.0 Å². The molecular weight excluding hydrogens is 594 g/mol. The number of benzene rings is 3. The van der Waals surface area contributed by atoms with Crippen molar-refractivity contribution in [2.24, 2.45) is 0 Å². The zero-order valence-corrected chi connectivity index (χ0v) is 25.4. The molecule has 1 saturated heterocycles. The Morgan fingerprint density at radius 1 is 0.925 bits per heavy atom. The van der Waals surface area contributed by atoms with Gasteiger partial charge in [-0.1, -0.05) is 33.6 Å². The second-order valence-corrected chi connectivity index (χ2v) is 12.4. The third-order valence-corrected chi connectivity index (χ3v) is 8.97. The maximum Gasteiger partial charge on any atom is 0.342 e. The molecule has 10 heteroatoms. The predicted molar refractivity (Wildman–Crippen MR) is 160 cm³/mol. The van der Waals surface area contributed by atoms with E-state index in [1.54, 1.807) is 32.0 Å². The number of anilines is 1. The van der Waals surface area contributed by atoms with Crippen LogP contribution in [0.5, 0.6) is 5.75 Å². The summed E-state index contributed by atoms with van der Waals surface area (Å²) in [6, 6.07) is 17.9. The van der Waals surface area contributed by atoms with Crippen molar-refractivity contribution in [2.75, 3.05) is 44.7 Å². The van der Waals surface area contributed by atoms with Gasteiger partial charge in [-0.25, -0.2) is 4.79 Å². The Morgan fingerprint density at radius 2 is 1.57 bits per heavy atom. The molecule has 0 N–H and O–H groups in total. The molecule has 5 rings (SSSR count). The molecule has 0 atom stereocenters. The highest BCUT2D eigenvalue weighted by atomic mass is 79.9. The first-order valence-corrected chi connectivity index (χ1v) is 15.4. The summed E-state index contributed by atoms with van der Waals surface area (Å²) >= 11 is 3.52. The van der Waals surface area contributed by atoms with Crippen LogP contribution < -0.4 is 9.08 Å². The lowest BCUT2D eigenvalue weighted by Crippen LogP contribution is -2.45. The molecule has 0 bridgehead atoms. The summed E-state index contributed by atoms with van der Waals surface area (Å²) in [7, 11) is -2.02. The monoisotopic (exact) mass is 625 g/mol. The number of aryl methyl sites for hydroxylation is 2. The lowest BCUT2D eigenvalue weighted by molar-refractivity contribution is 0.0529. The number of aromatic nitrogens is 1. The van der Waals surface area contributed by atoms with Gasteiger partial charge in [0.1, 0.15) is 22.0 Å². The fourth-order valence-corrected chi connectivity index (χ4v) is 6.29. The number of halogens is 1. The molecule has 0 spiro atoms. The lowest BCUT2D eigenvalue weighted by Gasteiger charge is -2.35. The van der Waals surface area contributed by atoms with Crippen LogP contribution in [-0.2, 0) is 14.9 Å². The summed E-state index contributed by atoms with van der Waals surface area (Å²) < 4.78 is 40.6. The van der Waals surface area contributed by atoms with Crippen molar-refractivity contribution in [1.29, 1.82) is 0 Å². The number of nitrogens with zero attached hydrogens (tertiary/aromatic N) is 3. The molecule has 40 heavy (non-hydrogen) atoms. The zero-order valence-electron chi connectivity index (χ0n) is 23.0. The zero-order chi connectivity index (χ0) is 28.6. The van der Waals surface area contributed by atoms with E-state index >= 15 is 0 Å². The molecule has 0 aliphatic carbocycles. The smallest absolute Gasteiger partial charge is 0.342 e. The van der Waals surface area contributed by atoms with Gasteiger partial charge in [0.2, 0.25) is 0 Å². The first-order valence-electron chi connectivity index (χ1n) is 13.2. The van der Waals surface area contributed by atoms with Gasteiger partial charge in [0.05, 0.1) is 12.1 Å². The molecule has 1 aromatic heterocycles. The van der Waals surface area contributed by atoms with Crippen molar-refractivity contribution in [3.05, 3.63) is 81.8 Å². The van der Waals surface area contributed by atoms with Crippen LogP contribution >= 0.6 is 15.9 Å². The molecule has 1 aliphatic rings. The van der Waals surface area contributed by atoms with Crippen molar-refractivity contribution in [1.82, 2.24) is 9.47 Å². The minimum atomic E-state index is -4.10. The van der Waals surface area contributed by atoms with Crippen molar-refractivity contribution in [3.63, 3.8) is 0 Å². The molecule has 0 saturated carbocycles. The van der Waals surface area contributed by atoms with Crippen LogP contribution in [-0.4, -0.2) is 63.7 Å².